The van der Waals surface area contributed by atoms with Gasteiger partial charge in [-0.3, -0.25) is 0 Å². The zero-order chi connectivity index (χ0) is 15.5. The average Bonchev–Trinajstić information content (AvgIpc) is 2.98. The van der Waals surface area contributed by atoms with Crippen LogP contribution >= 0.6 is 0 Å². The fraction of sp³-hybridized carbons (Fsp3) is 1.00. The van der Waals surface area contributed by atoms with Gasteiger partial charge < -0.3 is 5.11 Å². The van der Waals surface area contributed by atoms with Crippen LogP contribution in [0, 0.1) is 11.8 Å². The summed E-state index contributed by atoms with van der Waals surface area (Å²) in [4.78, 5) is 0. The zero-order valence-corrected chi connectivity index (χ0v) is 14.2. The lowest BCUT2D eigenvalue weighted by Gasteiger charge is -2.37. The molecular weight excluding hydrogens is 288 g/mol. The van der Waals surface area contributed by atoms with Crippen molar-refractivity contribution >= 4 is 10.2 Å². The molecule has 0 atom stereocenters. The van der Waals surface area contributed by atoms with E-state index in [9.17, 15) is 13.5 Å². The van der Waals surface area contributed by atoms with E-state index in [1.807, 2.05) is 0 Å². The van der Waals surface area contributed by atoms with Gasteiger partial charge in [0.15, 0.2) is 0 Å². The van der Waals surface area contributed by atoms with Gasteiger partial charge in [0.25, 0.3) is 10.2 Å². The van der Waals surface area contributed by atoms with Crippen LogP contribution in [0.2, 0.25) is 0 Å². The molecule has 1 saturated heterocycles. The van der Waals surface area contributed by atoms with E-state index in [1.54, 1.807) is 8.61 Å². The molecule has 0 unspecified atom stereocenters. The average molecular weight is 318 g/mol. The zero-order valence-electron chi connectivity index (χ0n) is 13.4. The smallest absolute Gasteiger partial charge is 0.282 e. The molecule has 2 rings (SSSR count). The molecule has 5 nitrogen and oxygen atoms in total. The van der Waals surface area contributed by atoms with Crippen molar-refractivity contribution in [3.63, 3.8) is 0 Å². The highest BCUT2D eigenvalue weighted by atomic mass is 32.2. The summed E-state index contributed by atoms with van der Waals surface area (Å²) in [5, 5.41) is 9.20. The highest BCUT2D eigenvalue weighted by Gasteiger charge is 2.37. The number of aliphatic hydroxyl groups is 1. The van der Waals surface area contributed by atoms with Gasteiger partial charge >= 0.3 is 0 Å². The maximum atomic E-state index is 13.0. The van der Waals surface area contributed by atoms with Crippen molar-refractivity contribution < 1.29 is 13.5 Å². The Morgan fingerprint density at radius 2 is 1.71 bits per heavy atom. The molecule has 0 aromatic heterocycles. The molecule has 21 heavy (non-hydrogen) atoms. The molecular formula is C15H30N2O3S. The number of piperidine rings is 1. The minimum absolute atomic E-state index is 0.173. The van der Waals surface area contributed by atoms with E-state index in [0.29, 0.717) is 25.6 Å². The lowest BCUT2D eigenvalue weighted by Crippen LogP contribution is -2.51. The topological polar surface area (TPSA) is 60.9 Å². The van der Waals surface area contributed by atoms with Crippen LogP contribution in [-0.4, -0.2) is 54.4 Å². The third kappa shape index (κ3) is 4.18. The molecule has 0 spiro atoms. The fourth-order valence-electron chi connectivity index (χ4n) is 3.45. The van der Waals surface area contributed by atoms with Gasteiger partial charge in [0.2, 0.25) is 0 Å². The second-order valence-electron chi connectivity index (χ2n) is 6.93. The Labute approximate surface area is 129 Å². The van der Waals surface area contributed by atoms with Gasteiger partial charge in [0, 0.05) is 32.3 Å². The lowest BCUT2D eigenvalue weighted by molar-refractivity contribution is 0.162. The highest BCUT2D eigenvalue weighted by Crippen LogP contribution is 2.29. The number of aliphatic hydroxyl groups excluding tert-OH is 1. The van der Waals surface area contributed by atoms with E-state index in [1.165, 1.54) is 0 Å². The summed E-state index contributed by atoms with van der Waals surface area (Å²) in [6.07, 6.45) is 5.83. The molecule has 1 aliphatic heterocycles. The predicted molar refractivity (Wildman–Crippen MR) is 84.1 cm³/mol. The second-order valence-corrected chi connectivity index (χ2v) is 8.82. The second kappa shape index (κ2) is 7.40. The number of hydrogen-bond acceptors (Lipinski definition) is 3. The maximum absolute atomic E-state index is 13.0. The molecule has 6 heteroatoms. The summed E-state index contributed by atoms with van der Waals surface area (Å²) in [5.74, 6) is 0.608. The standard InChI is InChI=1S/C15H30N2O3S/c1-13(2)11-17(15-5-3-4-6-15)21(19,20)16-9-7-14(12-18)8-10-16/h13-15,18H,3-12H2,1-2H3. The van der Waals surface area contributed by atoms with Gasteiger partial charge in [-0.2, -0.15) is 17.0 Å². The van der Waals surface area contributed by atoms with Crippen LogP contribution < -0.4 is 0 Å². The van der Waals surface area contributed by atoms with Crippen LogP contribution in [0.3, 0.4) is 0 Å². The quantitative estimate of drug-likeness (QED) is 0.813. The van der Waals surface area contributed by atoms with Crippen LogP contribution in [0.15, 0.2) is 0 Å². The molecule has 1 heterocycles. The number of rotatable bonds is 6. The van der Waals surface area contributed by atoms with Crippen molar-refractivity contribution in [1.29, 1.82) is 0 Å². The molecule has 0 aromatic rings. The van der Waals surface area contributed by atoms with Crippen molar-refractivity contribution in [2.24, 2.45) is 11.8 Å². The normalized spacial score (nSPS) is 23.5. The summed E-state index contributed by atoms with van der Waals surface area (Å²) >= 11 is 0. The van der Waals surface area contributed by atoms with Gasteiger partial charge in [-0.25, -0.2) is 0 Å². The molecule has 0 bridgehead atoms. The third-order valence-electron chi connectivity index (χ3n) is 4.73. The monoisotopic (exact) mass is 318 g/mol. The largest absolute Gasteiger partial charge is 0.396 e. The summed E-state index contributed by atoms with van der Waals surface area (Å²) in [6, 6.07) is 0.188. The molecule has 124 valence electrons. The van der Waals surface area contributed by atoms with Gasteiger partial charge in [0.1, 0.15) is 0 Å². The van der Waals surface area contributed by atoms with Gasteiger partial charge in [-0.05, 0) is 37.5 Å². The van der Waals surface area contributed by atoms with E-state index < -0.39 is 10.2 Å². The molecule has 2 fully saturated rings. The first-order valence-electron chi connectivity index (χ1n) is 8.33. The Bertz CT molecular complexity index is 411. The van der Waals surface area contributed by atoms with E-state index in [2.05, 4.69) is 13.8 Å². The molecule has 0 radical (unpaired) electrons. The summed E-state index contributed by atoms with van der Waals surface area (Å²) in [5.41, 5.74) is 0. The Balaban J connectivity index is 2.09. The minimum atomic E-state index is -3.35. The van der Waals surface area contributed by atoms with Crippen molar-refractivity contribution in [2.75, 3.05) is 26.2 Å². The van der Waals surface area contributed by atoms with Crippen LogP contribution in [0.1, 0.15) is 52.4 Å². The molecule has 2 aliphatic rings. The van der Waals surface area contributed by atoms with E-state index in [4.69, 9.17) is 0 Å². The lowest BCUT2D eigenvalue weighted by atomic mass is 10.00. The molecule has 1 aliphatic carbocycles. The third-order valence-corrected chi connectivity index (χ3v) is 6.79. The van der Waals surface area contributed by atoms with Gasteiger partial charge in [-0.15, -0.1) is 0 Å². The first-order chi connectivity index (χ1) is 9.95. The fourth-order valence-corrected chi connectivity index (χ4v) is 5.50. The van der Waals surface area contributed by atoms with Gasteiger partial charge in [-0.1, -0.05) is 26.7 Å². The van der Waals surface area contributed by atoms with Crippen molar-refractivity contribution in [2.45, 2.75) is 58.4 Å². The molecule has 1 saturated carbocycles. The van der Waals surface area contributed by atoms with Crippen molar-refractivity contribution in [3.05, 3.63) is 0 Å². The van der Waals surface area contributed by atoms with Crippen LogP contribution in [-0.2, 0) is 10.2 Å². The Morgan fingerprint density at radius 1 is 1.14 bits per heavy atom. The SMILES string of the molecule is CC(C)CN(C1CCCC1)S(=O)(=O)N1CCC(CO)CC1. The molecule has 0 amide bonds. The molecule has 0 aromatic carbocycles. The Kier molecular flexibility index (Phi) is 6.05. The van der Waals surface area contributed by atoms with Crippen LogP contribution in [0.25, 0.3) is 0 Å². The van der Waals surface area contributed by atoms with Crippen LogP contribution in [0.4, 0.5) is 0 Å². The first kappa shape index (κ1) is 17.2. The summed E-state index contributed by atoms with van der Waals surface area (Å²) in [7, 11) is -3.35. The number of nitrogens with zero attached hydrogens (tertiary/aromatic N) is 2. The van der Waals surface area contributed by atoms with E-state index in [0.717, 1.165) is 38.5 Å². The van der Waals surface area contributed by atoms with Gasteiger partial charge in [0.05, 0.1) is 0 Å². The van der Waals surface area contributed by atoms with Crippen molar-refractivity contribution in [3.8, 4) is 0 Å². The Hall–Kier alpha value is -0.170. The minimum Gasteiger partial charge on any atom is -0.396 e. The highest BCUT2D eigenvalue weighted by molar-refractivity contribution is 7.86. The summed E-state index contributed by atoms with van der Waals surface area (Å²) in [6.45, 7) is 6.05. The molecule has 1 N–H and O–H groups in total. The van der Waals surface area contributed by atoms with E-state index in [-0.39, 0.29) is 18.6 Å². The summed E-state index contributed by atoms with van der Waals surface area (Å²) < 4.78 is 29.4. The van der Waals surface area contributed by atoms with Crippen molar-refractivity contribution in [1.82, 2.24) is 8.61 Å². The van der Waals surface area contributed by atoms with E-state index >= 15 is 0 Å². The number of hydrogen-bond donors (Lipinski definition) is 1. The maximum Gasteiger partial charge on any atom is 0.282 e. The predicted octanol–water partition coefficient (Wildman–Crippen LogP) is 1.84. The van der Waals surface area contributed by atoms with Crippen LogP contribution in [0.5, 0.6) is 0 Å². The first-order valence-corrected chi connectivity index (χ1v) is 9.72. The Morgan fingerprint density at radius 3 is 2.19 bits per heavy atom.